The number of halogens is 2. The number of aryl methyl sites for hydroxylation is 3. The van der Waals surface area contributed by atoms with Crippen molar-refractivity contribution in [3.05, 3.63) is 51.0 Å². The number of fused-ring (bicyclic) bond motifs is 1. The van der Waals surface area contributed by atoms with Crippen LogP contribution in [0.2, 0.25) is 10.0 Å². The van der Waals surface area contributed by atoms with E-state index >= 15 is 0 Å². The maximum atomic E-state index is 13.5. The lowest BCUT2D eigenvalue weighted by Gasteiger charge is -2.43. The largest absolute Gasteiger partial charge is 0.491 e. The molecule has 0 spiro atoms. The fourth-order valence-electron chi connectivity index (χ4n) is 5.95. The molecular weight excluding hydrogens is 527 g/mol. The lowest BCUT2D eigenvalue weighted by molar-refractivity contribution is -0.185. The number of ketones is 1. The van der Waals surface area contributed by atoms with Crippen molar-refractivity contribution < 1.29 is 19.1 Å². The van der Waals surface area contributed by atoms with Gasteiger partial charge in [0.15, 0.2) is 17.4 Å². The van der Waals surface area contributed by atoms with Crippen molar-refractivity contribution in [1.82, 2.24) is 19.6 Å². The highest BCUT2D eigenvalue weighted by atomic mass is 35.5. The lowest BCUT2D eigenvalue weighted by Crippen LogP contribution is -2.52. The van der Waals surface area contributed by atoms with Gasteiger partial charge in [0, 0.05) is 24.2 Å². The molecule has 2 aliphatic rings. The monoisotopic (exact) mass is 558 g/mol. The number of benzene rings is 1. The van der Waals surface area contributed by atoms with Gasteiger partial charge in [0.05, 0.1) is 16.7 Å². The van der Waals surface area contributed by atoms with Gasteiger partial charge in [0.1, 0.15) is 11.5 Å². The quantitative estimate of drug-likeness (QED) is 0.259. The number of hydrogen-bond acceptors (Lipinski definition) is 7. The molecule has 1 saturated carbocycles. The Morgan fingerprint density at radius 2 is 1.82 bits per heavy atom. The second kappa shape index (κ2) is 10.8. The molecule has 0 amide bonds. The number of carbonyl (C=O) groups is 2. The van der Waals surface area contributed by atoms with Crippen molar-refractivity contribution in [2.75, 3.05) is 6.61 Å². The maximum absolute atomic E-state index is 13.5. The third kappa shape index (κ3) is 5.25. The van der Waals surface area contributed by atoms with Crippen LogP contribution < -0.4 is 4.74 Å². The Bertz CT molecular complexity index is 1340. The average molecular weight is 559 g/mol. The van der Waals surface area contributed by atoms with Crippen molar-refractivity contribution >= 4 is 40.7 Å². The average Bonchev–Trinajstić information content (AvgIpc) is 3.53. The van der Waals surface area contributed by atoms with Crippen LogP contribution in [0.25, 0.3) is 5.78 Å². The highest BCUT2D eigenvalue weighted by Gasteiger charge is 2.51. The lowest BCUT2D eigenvalue weighted by atomic mass is 9.73. The van der Waals surface area contributed by atoms with Gasteiger partial charge in [0.25, 0.3) is 5.78 Å². The molecule has 10 heteroatoms. The summed E-state index contributed by atoms with van der Waals surface area (Å²) >= 11 is 12.8. The Hall–Kier alpha value is -2.71. The first-order valence-electron chi connectivity index (χ1n) is 13.3. The number of cyclic esters (lactones) is 1. The van der Waals surface area contributed by atoms with E-state index in [0.717, 1.165) is 42.6 Å². The van der Waals surface area contributed by atoms with Crippen LogP contribution in [-0.4, -0.2) is 43.5 Å². The molecule has 1 aliphatic carbocycles. The first-order chi connectivity index (χ1) is 18.2. The highest BCUT2D eigenvalue weighted by molar-refractivity contribution is 6.37. The first kappa shape index (κ1) is 26.9. The van der Waals surface area contributed by atoms with E-state index in [1.165, 1.54) is 0 Å². The Kier molecular flexibility index (Phi) is 7.65. The van der Waals surface area contributed by atoms with Gasteiger partial charge in [-0.1, -0.05) is 36.0 Å². The molecule has 0 bridgehead atoms. The fourth-order valence-corrected chi connectivity index (χ4v) is 6.59. The van der Waals surface area contributed by atoms with Crippen LogP contribution in [0.1, 0.15) is 68.2 Å². The molecule has 202 valence electrons. The van der Waals surface area contributed by atoms with E-state index in [0.29, 0.717) is 46.8 Å². The summed E-state index contributed by atoms with van der Waals surface area (Å²) < 4.78 is 13.4. The molecule has 0 radical (unpaired) electrons. The number of rotatable bonds is 8. The standard InChI is InChI=1S/C28H32Cl2N4O4/c1-4-37-25-21(29)12-18(13-22(25)30)9-10-28(19-7-5-6-8-19)15-23(35)20(26(36)38-28)14-24-32-27-31-16(2)11-17(3)34(27)33-24/h11-13,19-20H,4-10,14-15H2,1-3H3. The predicted molar refractivity (Wildman–Crippen MR) is 144 cm³/mol. The summed E-state index contributed by atoms with van der Waals surface area (Å²) in [6.07, 6.45) is 5.41. The van der Waals surface area contributed by atoms with E-state index in [4.69, 9.17) is 32.7 Å². The van der Waals surface area contributed by atoms with Gasteiger partial charge >= 0.3 is 5.97 Å². The molecule has 2 fully saturated rings. The van der Waals surface area contributed by atoms with Crippen LogP contribution in [-0.2, 0) is 27.2 Å². The van der Waals surface area contributed by atoms with E-state index in [-0.39, 0.29) is 24.5 Å². The number of hydrogen-bond donors (Lipinski definition) is 0. The van der Waals surface area contributed by atoms with Crippen molar-refractivity contribution in [3.8, 4) is 5.75 Å². The number of aromatic nitrogens is 4. The zero-order valence-electron chi connectivity index (χ0n) is 21.9. The molecule has 2 unspecified atom stereocenters. The molecular formula is C28H32Cl2N4O4. The summed E-state index contributed by atoms with van der Waals surface area (Å²) in [7, 11) is 0. The van der Waals surface area contributed by atoms with Crippen LogP contribution in [0.4, 0.5) is 0 Å². The van der Waals surface area contributed by atoms with E-state index < -0.39 is 17.5 Å². The molecule has 1 aliphatic heterocycles. The SMILES string of the molecule is CCOc1c(Cl)cc(CCC2(C3CCCC3)CC(=O)C(Cc3nc4nc(C)cc(C)n4n3)C(=O)O2)cc1Cl. The minimum atomic E-state index is -0.919. The molecule has 0 N–H and O–H groups in total. The summed E-state index contributed by atoms with van der Waals surface area (Å²) in [6.45, 7) is 6.14. The van der Waals surface area contributed by atoms with E-state index in [1.54, 1.807) is 4.52 Å². The summed E-state index contributed by atoms with van der Waals surface area (Å²) in [6, 6.07) is 5.58. The van der Waals surface area contributed by atoms with Crippen LogP contribution in [0.3, 0.4) is 0 Å². The number of esters is 1. The van der Waals surface area contributed by atoms with Gasteiger partial charge in [-0.15, -0.1) is 5.10 Å². The molecule has 3 aromatic rings. The zero-order valence-corrected chi connectivity index (χ0v) is 23.4. The van der Waals surface area contributed by atoms with Gasteiger partial charge in [0.2, 0.25) is 0 Å². The molecule has 2 atom stereocenters. The highest BCUT2D eigenvalue weighted by Crippen LogP contribution is 2.45. The molecule has 5 rings (SSSR count). The summed E-state index contributed by atoms with van der Waals surface area (Å²) in [5.41, 5.74) is 1.80. The van der Waals surface area contributed by atoms with Gasteiger partial charge in [-0.2, -0.15) is 4.98 Å². The molecule has 1 saturated heterocycles. The van der Waals surface area contributed by atoms with Crippen LogP contribution in [0.5, 0.6) is 5.75 Å². The molecule has 2 aromatic heterocycles. The second-order valence-electron chi connectivity index (χ2n) is 10.5. The molecule has 38 heavy (non-hydrogen) atoms. The van der Waals surface area contributed by atoms with Gasteiger partial charge < -0.3 is 9.47 Å². The second-order valence-corrected chi connectivity index (χ2v) is 11.3. The van der Waals surface area contributed by atoms with E-state index in [9.17, 15) is 9.59 Å². The van der Waals surface area contributed by atoms with Crippen molar-refractivity contribution in [1.29, 1.82) is 0 Å². The number of nitrogens with zero attached hydrogens (tertiary/aromatic N) is 4. The van der Waals surface area contributed by atoms with E-state index in [1.807, 2.05) is 39.0 Å². The van der Waals surface area contributed by atoms with Crippen molar-refractivity contribution in [2.45, 2.75) is 77.7 Å². The third-order valence-electron chi connectivity index (χ3n) is 7.78. The number of carbonyl (C=O) groups excluding carboxylic acids is 2. The Labute approximate surface area is 232 Å². The van der Waals surface area contributed by atoms with Crippen molar-refractivity contribution in [3.63, 3.8) is 0 Å². The maximum Gasteiger partial charge on any atom is 0.317 e. The zero-order chi connectivity index (χ0) is 27.0. The van der Waals surface area contributed by atoms with Crippen LogP contribution in [0, 0.1) is 25.7 Å². The minimum absolute atomic E-state index is 0.102. The topological polar surface area (TPSA) is 95.7 Å². The third-order valence-corrected chi connectivity index (χ3v) is 8.34. The first-order valence-corrected chi connectivity index (χ1v) is 14.0. The fraction of sp³-hybridized carbons (Fsp3) is 0.536. The van der Waals surface area contributed by atoms with Crippen molar-refractivity contribution in [2.24, 2.45) is 11.8 Å². The summed E-state index contributed by atoms with van der Waals surface area (Å²) in [5.74, 6) is -0.0407. The van der Waals surface area contributed by atoms with Gasteiger partial charge in [-0.05, 0) is 76.1 Å². The van der Waals surface area contributed by atoms with E-state index in [2.05, 4.69) is 15.1 Å². The predicted octanol–water partition coefficient (Wildman–Crippen LogP) is 5.68. The molecule has 3 heterocycles. The Morgan fingerprint density at radius 3 is 2.47 bits per heavy atom. The summed E-state index contributed by atoms with van der Waals surface area (Å²) in [4.78, 5) is 35.8. The van der Waals surface area contributed by atoms with Gasteiger partial charge in [-0.25, -0.2) is 9.50 Å². The van der Waals surface area contributed by atoms with Crippen LogP contribution >= 0.6 is 23.2 Å². The molecule has 8 nitrogen and oxygen atoms in total. The van der Waals surface area contributed by atoms with Gasteiger partial charge in [-0.3, -0.25) is 9.59 Å². The smallest absolute Gasteiger partial charge is 0.317 e. The Morgan fingerprint density at radius 1 is 1.11 bits per heavy atom. The Balaban J connectivity index is 1.35. The number of Topliss-reactive ketones (excluding diaryl/α,β-unsaturated/α-hetero) is 1. The summed E-state index contributed by atoms with van der Waals surface area (Å²) in [5, 5.41) is 5.38. The number of ether oxygens (including phenoxy) is 2. The minimum Gasteiger partial charge on any atom is -0.491 e. The van der Waals surface area contributed by atoms with Crippen LogP contribution in [0.15, 0.2) is 18.2 Å². The normalized spacial score (nSPS) is 22.3. The molecule has 1 aromatic carbocycles.